The molecule has 3 aromatic rings. The average molecular weight is 308 g/mol. The van der Waals surface area contributed by atoms with Gasteiger partial charge in [0.2, 0.25) is 0 Å². The van der Waals surface area contributed by atoms with Gasteiger partial charge in [0.25, 0.3) is 0 Å². The van der Waals surface area contributed by atoms with Gasteiger partial charge in [-0.3, -0.25) is 0 Å². The van der Waals surface area contributed by atoms with E-state index >= 15 is 0 Å². The van der Waals surface area contributed by atoms with E-state index in [-0.39, 0.29) is 5.69 Å². The number of nitrogens with zero attached hydrogens (tertiary/aromatic N) is 4. The maximum Gasteiger partial charge on any atom is 0.147 e. The molecule has 0 atom stereocenters. The molecular formula is C17H10F2N4. The van der Waals surface area contributed by atoms with Crippen LogP contribution in [0, 0.1) is 23.0 Å². The molecule has 1 aromatic heterocycles. The van der Waals surface area contributed by atoms with Crippen LogP contribution in [0.15, 0.2) is 61.2 Å². The lowest BCUT2D eigenvalue weighted by Crippen LogP contribution is -2.12. The van der Waals surface area contributed by atoms with Gasteiger partial charge < -0.3 is 4.90 Å². The third-order valence-electron chi connectivity index (χ3n) is 3.21. The van der Waals surface area contributed by atoms with Crippen LogP contribution in [-0.2, 0) is 0 Å². The van der Waals surface area contributed by atoms with Crippen LogP contribution in [0.25, 0.3) is 0 Å². The summed E-state index contributed by atoms with van der Waals surface area (Å²) in [6.45, 7) is 0. The third kappa shape index (κ3) is 2.99. The van der Waals surface area contributed by atoms with Crippen LogP contribution in [-0.4, -0.2) is 9.97 Å². The fourth-order valence-corrected chi connectivity index (χ4v) is 2.18. The minimum absolute atomic E-state index is 0.0320. The third-order valence-corrected chi connectivity index (χ3v) is 3.21. The molecule has 6 heteroatoms. The van der Waals surface area contributed by atoms with Gasteiger partial charge in [-0.2, -0.15) is 5.26 Å². The smallest absolute Gasteiger partial charge is 0.147 e. The fourth-order valence-electron chi connectivity index (χ4n) is 2.18. The van der Waals surface area contributed by atoms with Crippen molar-refractivity contribution < 1.29 is 8.78 Å². The Morgan fingerprint density at radius 1 is 0.913 bits per heavy atom. The summed E-state index contributed by atoms with van der Waals surface area (Å²) in [6.07, 6.45) is 4.34. The largest absolute Gasteiger partial charge is 0.305 e. The number of halogens is 2. The molecule has 0 aliphatic heterocycles. The van der Waals surface area contributed by atoms with Crippen molar-refractivity contribution in [3.05, 3.63) is 78.4 Å². The highest BCUT2D eigenvalue weighted by Crippen LogP contribution is 2.35. The van der Waals surface area contributed by atoms with E-state index in [1.54, 1.807) is 24.3 Å². The number of anilines is 3. The van der Waals surface area contributed by atoms with Gasteiger partial charge in [0.1, 0.15) is 18.0 Å². The van der Waals surface area contributed by atoms with Crippen LogP contribution < -0.4 is 4.90 Å². The van der Waals surface area contributed by atoms with Gasteiger partial charge in [0, 0.05) is 11.8 Å². The van der Waals surface area contributed by atoms with E-state index in [2.05, 4.69) is 9.97 Å². The van der Waals surface area contributed by atoms with Gasteiger partial charge in [-0.15, -0.1) is 0 Å². The molecule has 3 rings (SSSR count). The minimum Gasteiger partial charge on any atom is -0.305 e. The lowest BCUT2D eigenvalue weighted by Gasteiger charge is -2.25. The number of aromatic nitrogens is 2. The molecule has 0 aliphatic rings. The van der Waals surface area contributed by atoms with Crippen LogP contribution in [0.4, 0.5) is 25.8 Å². The van der Waals surface area contributed by atoms with Crippen molar-refractivity contribution >= 4 is 17.1 Å². The summed E-state index contributed by atoms with van der Waals surface area (Å²) < 4.78 is 27.8. The highest BCUT2D eigenvalue weighted by molar-refractivity contribution is 5.76. The second-order valence-corrected chi connectivity index (χ2v) is 4.69. The first-order chi connectivity index (χ1) is 11.2. The molecule has 0 spiro atoms. The molecule has 0 amide bonds. The molecular weight excluding hydrogens is 298 g/mol. The predicted octanol–water partition coefficient (Wildman–Crippen LogP) is 4.10. The van der Waals surface area contributed by atoms with E-state index in [1.807, 2.05) is 6.07 Å². The first-order valence-corrected chi connectivity index (χ1v) is 6.69. The number of rotatable bonds is 3. The summed E-state index contributed by atoms with van der Waals surface area (Å²) in [4.78, 5) is 9.33. The Hall–Kier alpha value is -3.33. The highest BCUT2D eigenvalue weighted by Gasteiger charge is 2.17. The molecule has 0 fully saturated rings. The van der Waals surface area contributed by atoms with Gasteiger partial charge in [0.15, 0.2) is 0 Å². The lowest BCUT2D eigenvalue weighted by atomic mass is 10.1. The van der Waals surface area contributed by atoms with Crippen LogP contribution in [0.2, 0.25) is 0 Å². The molecule has 2 aromatic carbocycles. The van der Waals surface area contributed by atoms with E-state index in [0.29, 0.717) is 16.9 Å². The zero-order valence-corrected chi connectivity index (χ0v) is 11.8. The SMILES string of the molecule is N#Cc1ccc(N(c2cncnc2)c2cc(F)ccc2F)cc1. The first kappa shape index (κ1) is 14.6. The number of benzene rings is 2. The van der Waals surface area contributed by atoms with Gasteiger partial charge in [-0.1, -0.05) is 0 Å². The maximum atomic E-state index is 14.2. The Balaban J connectivity index is 2.18. The molecule has 0 bridgehead atoms. The summed E-state index contributed by atoms with van der Waals surface area (Å²) in [5, 5.41) is 8.89. The first-order valence-electron chi connectivity index (χ1n) is 6.69. The van der Waals surface area contributed by atoms with Gasteiger partial charge in [-0.05, 0) is 36.4 Å². The van der Waals surface area contributed by atoms with E-state index < -0.39 is 11.6 Å². The second kappa shape index (κ2) is 6.20. The van der Waals surface area contributed by atoms with Crippen molar-refractivity contribution in [1.82, 2.24) is 9.97 Å². The van der Waals surface area contributed by atoms with Crippen LogP contribution in [0.1, 0.15) is 5.56 Å². The van der Waals surface area contributed by atoms with Crippen molar-refractivity contribution in [3.8, 4) is 6.07 Å². The zero-order valence-electron chi connectivity index (χ0n) is 11.8. The Labute approximate surface area is 131 Å². The molecule has 0 unspecified atom stereocenters. The van der Waals surface area contributed by atoms with Gasteiger partial charge >= 0.3 is 0 Å². The van der Waals surface area contributed by atoms with Crippen LogP contribution >= 0.6 is 0 Å². The number of nitriles is 1. The number of hydrogen-bond acceptors (Lipinski definition) is 4. The molecule has 0 saturated heterocycles. The van der Waals surface area contributed by atoms with Crippen molar-refractivity contribution in [1.29, 1.82) is 5.26 Å². The summed E-state index contributed by atoms with van der Waals surface area (Å²) in [5.74, 6) is -1.14. The fraction of sp³-hybridized carbons (Fsp3) is 0. The summed E-state index contributed by atoms with van der Waals surface area (Å²) >= 11 is 0. The van der Waals surface area contributed by atoms with E-state index in [1.165, 1.54) is 23.6 Å². The van der Waals surface area contributed by atoms with Gasteiger partial charge in [-0.25, -0.2) is 18.7 Å². The highest BCUT2D eigenvalue weighted by atomic mass is 19.1. The second-order valence-electron chi connectivity index (χ2n) is 4.69. The zero-order chi connectivity index (χ0) is 16.2. The normalized spacial score (nSPS) is 10.1. The predicted molar refractivity (Wildman–Crippen MR) is 81.3 cm³/mol. The average Bonchev–Trinajstić information content (AvgIpc) is 2.60. The molecule has 0 aliphatic carbocycles. The van der Waals surface area contributed by atoms with Crippen molar-refractivity contribution in [3.63, 3.8) is 0 Å². The van der Waals surface area contributed by atoms with Gasteiger partial charge in [0.05, 0.1) is 35.4 Å². The minimum atomic E-state index is -0.584. The van der Waals surface area contributed by atoms with Crippen LogP contribution in [0.3, 0.4) is 0 Å². The van der Waals surface area contributed by atoms with E-state index in [0.717, 1.165) is 18.2 Å². The molecule has 112 valence electrons. The van der Waals surface area contributed by atoms with E-state index in [9.17, 15) is 8.78 Å². The van der Waals surface area contributed by atoms with Crippen molar-refractivity contribution in [2.45, 2.75) is 0 Å². The standard InChI is InChI=1S/C17H10F2N4/c18-13-3-6-16(19)17(7-13)23(15-9-21-11-22-10-15)14-4-1-12(8-20)2-5-14/h1-7,9-11H. The Morgan fingerprint density at radius 2 is 1.61 bits per heavy atom. The topological polar surface area (TPSA) is 52.8 Å². The molecule has 23 heavy (non-hydrogen) atoms. The quantitative estimate of drug-likeness (QED) is 0.731. The Morgan fingerprint density at radius 3 is 2.26 bits per heavy atom. The van der Waals surface area contributed by atoms with E-state index in [4.69, 9.17) is 5.26 Å². The molecule has 4 nitrogen and oxygen atoms in total. The molecule has 1 heterocycles. The lowest BCUT2D eigenvalue weighted by molar-refractivity contribution is 0.601. The molecule has 0 saturated carbocycles. The molecule has 0 radical (unpaired) electrons. The van der Waals surface area contributed by atoms with Crippen LogP contribution in [0.5, 0.6) is 0 Å². The van der Waals surface area contributed by atoms with Crippen molar-refractivity contribution in [2.24, 2.45) is 0 Å². The summed E-state index contributed by atoms with van der Waals surface area (Å²) in [5.41, 5.74) is 1.53. The Bertz CT molecular complexity index is 858. The maximum absolute atomic E-state index is 14.2. The summed E-state index contributed by atoms with van der Waals surface area (Å²) in [7, 11) is 0. The Kier molecular flexibility index (Phi) is 3.93. The molecule has 0 N–H and O–H groups in total. The monoisotopic (exact) mass is 308 g/mol. The number of hydrogen-bond donors (Lipinski definition) is 0. The summed E-state index contributed by atoms with van der Waals surface area (Å²) in [6, 6.07) is 11.7. The van der Waals surface area contributed by atoms with Crippen molar-refractivity contribution in [2.75, 3.05) is 4.90 Å².